The van der Waals surface area contributed by atoms with E-state index in [1.165, 1.54) is 12.8 Å². The molecule has 0 aromatic heterocycles. The van der Waals surface area contributed by atoms with Gasteiger partial charge in [-0.25, -0.2) is 8.78 Å². The Morgan fingerprint density at radius 1 is 1.14 bits per heavy atom. The van der Waals surface area contributed by atoms with E-state index in [1.807, 2.05) is 0 Å². The number of rotatable bonds is 7. The summed E-state index contributed by atoms with van der Waals surface area (Å²) in [6.45, 7) is 4.62. The van der Waals surface area contributed by atoms with Crippen LogP contribution in [0.25, 0.3) is 0 Å². The quantitative estimate of drug-likeness (QED) is 0.586. The third-order valence-electron chi connectivity index (χ3n) is 4.35. The molecule has 1 nitrogen and oxygen atoms in total. The van der Waals surface area contributed by atoms with E-state index < -0.39 is 11.6 Å². The lowest BCUT2D eigenvalue weighted by molar-refractivity contribution is 0.133. The molecule has 1 aromatic rings. The van der Waals surface area contributed by atoms with Gasteiger partial charge in [-0.15, -0.1) is 0 Å². The van der Waals surface area contributed by atoms with E-state index in [1.54, 1.807) is 19.1 Å². The highest BCUT2D eigenvalue weighted by Gasteiger charge is 2.14. The first-order chi connectivity index (χ1) is 10.6. The maximum atomic E-state index is 13.7. The number of unbranched alkanes of at least 4 members (excludes halogenated alkanes) is 1. The maximum Gasteiger partial charge on any atom is 0.162 e. The summed E-state index contributed by atoms with van der Waals surface area (Å²) in [5, 5.41) is 0. The molecule has 0 saturated heterocycles. The van der Waals surface area contributed by atoms with Gasteiger partial charge in [0.05, 0.1) is 12.4 Å². The Morgan fingerprint density at radius 2 is 1.91 bits per heavy atom. The number of allylic oxidation sites excluding steroid dienone is 2. The summed E-state index contributed by atoms with van der Waals surface area (Å²) in [6, 6.07) is 3.34. The van der Waals surface area contributed by atoms with Gasteiger partial charge in [-0.3, -0.25) is 0 Å². The molecular weight excluding hydrogens is 282 g/mol. The normalized spacial score (nSPS) is 18.0. The van der Waals surface area contributed by atoms with Crippen molar-refractivity contribution >= 4 is 0 Å². The first-order valence-electron chi connectivity index (χ1n) is 8.37. The van der Waals surface area contributed by atoms with Gasteiger partial charge in [-0.2, -0.15) is 0 Å². The van der Waals surface area contributed by atoms with Crippen LogP contribution in [-0.4, -0.2) is 6.61 Å². The van der Waals surface area contributed by atoms with E-state index >= 15 is 0 Å². The van der Waals surface area contributed by atoms with Crippen LogP contribution in [-0.2, 0) is 11.2 Å². The van der Waals surface area contributed by atoms with Crippen LogP contribution in [0.2, 0.25) is 0 Å². The molecule has 0 fully saturated rings. The smallest absolute Gasteiger partial charge is 0.162 e. The summed E-state index contributed by atoms with van der Waals surface area (Å²) in [5.41, 5.74) is 0.841. The molecule has 22 heavy (non-hydrogen) atoms. The third-order valence-corrected chi connectivity index (χ3v) is 4.35. The SMILES string of the molecule is CCCC1CC=C(CCCCc2ccc(C)c(F)c2F)OC1. The van der Waals surface area contributed by atoms with Crippen molar-refractivity contribution < 1.29 is 13.5 Å². The van der Waals surface area contributed by atoms with Gasteiger partial charge in [-0.1, -0.05) is 25.5 Å². The van der Waals surface area contributed by atoms with Crippen molar-refractivity contribution in [2.75, 3.05) is 6.61 Å². The summed E-state index contributed by atoms with van der Waals surface area (Å²) in [5.74, 6) is 0.342. The zero-order valence-corrected chi connectivity index (χ0v) is 13.6. The average Bonchev–Trinajstić information content (AvgIpc) is 2.53. The fourth-order valence-corrected chi connectivity index (χ4v) is 2.93. The molecule has 0 bridgehead atoms. The molecule has 122 valence electrons. The lowest BCUT2D eigenvalue weighted by atomic mass is 9.97. The molecule has 2 rings (SSSR count). The van der Waals surface area contributed by atoms with Gasteiger partial charge in [0.2, 0.25) is 0 Å². The highest BCUT2D eigenvalue weighted by Crippen LogP contribution is 2.24. The monoisotopic (exact) mass is 308 g/mol. The lowest BCUT2D eigenvalue weighted by Gasteiger charge is -2.22. The standard InChI is InChI=1S/C19H26F2O/c1-3-6-15-10-12-17(22-13-15)8-5-4-7-16-11-9-14(2)18(20)19(16)21/h9,11-12,15H,3-8,10,13H2,1-2H3. The molecule has 1 aromatic carbocycles. The van der Waals surface area contributed by atoms with Gasteiger partial charge in [0.1, 0.15) is 0 Å². The van der Waals surface area contributed by atoms with Crippen LogP contribution >= 0.6 is 0 Å². The van der Waals surface area contributed by atoms with Crippen molar-refractivity contribution in [3.8, 4) is 0 Å². The van der Waals surface area contributed by atoms with Gasteiger partial charge in [0, 0.05) is 6.42 Å². The highest BCUT2D eigenvalue weighted by molar-refractivity contribution is 5.25. The lowest BCUT2D eigenvalue weighted by Crippen LogP contribution is -2.13. The van der Waals surface area contributed by atoms with E-state index in [0.29, 0.717) is 23.5 Å². The summed E-state index contributed by atoms with van der Waals surface area (Å²) < 4.78 is 33.0. The first-order valence-corrected chi connectivity index (χ1v) is 8.37. The van der Waals surface area contributed by atoms with Gasteiger partial charge in [0.25, 0.3) is 0 Å². The van der Waals surface area contributed by atoms with Crippen molar-refractivity contribution in [1.29, 1.82) is 0 Å². The van der Waals surface area contributed by atoms with Crippen LogP contribution in [0.15, 0.2) is 24.0 Å². The second-order valence-corrected chi connectivity index (χ2v) is 6.25. The van der Waals surface area contributed by atoms with Crippen molar-refractivity contribution in [1.82, 2.24) is 0 Å². The summed E-state index contributed by atoms with van der Waals surface area (Å²) in [4.78, 5) is 0. The Morgan fingerprint density at radius 3 is 2.59 bits per heavy atom. The van der Waals surface area contributed by atoms with Gasteiger partial charge in [0.15, 0.2) is 11.6 Å². The van der Waals surface area contributed by atoms with Crippen molar-refractivity contribution in [2.24, 2.45) is 5.92 Å². The van der Waals surface area contributed by atoms with Crippen LogP contribution in [0.5, 0.6) is 0 Å². The van der Waals surface area contributed by atoms with Crippen molar-refractivity contribution in [2.45, 2.75) is 58.8 Å². The molecule has 0 N–H and O–H groups in total. The van der Waals surface area contributed by atoms with Crippen LogP contribution in [0.1, 0.15) is 56.6 Å². The fraction of sp³-hybridized carbons (Fsp3) is 0.579. The van der Waals surface area contributed by atoms with E-state index in [0.717, 1.165) is 38.0 Å². The third kappa shape index (κ3) is 4.56. The van der Waals surface area contributed by atoms with Gasteiger partial charge in [-0.05, 0) is 62.1 Å². The van der Waals surface area contributed by atoms with Crippen LogP contribution in [0.4, 0.5) is 8.78 Å². The van der Waals surface area contributed by atoms with Gasteiger partial charge >= 0.3 is 0 Å². The molecule has 1 aliphatic heterocycles. The Kier molecular flexibility index (Phi) is 6.41. The minimum Gasteiger partial charge on any atom is -0.498 e. The molecule has 0 saturated carbocycles. The van der Waals surface area contributed by atoms with Gasteiger partial charge < -0.3 is 4.74 Å². The second-order valence-electron chi connectivity index (χ2n) is 6.25. The predicted octanol–water partition coefficient (Wildman–Crippen LogP) is 5.71. The zero-order chi connectivity index (χ0) is 15.9. The van der Waals surface area contributed by atoms with Crippen LogP contribution < -0.4 is 0 Å². The van der Waals surface area contributed by atoms with E-state index in [4.69, 9.17) is 4.74 Å². The van der Waals surface area contributed by atoms with E-state index in [2.05, 4.69) is 13.0 Å². The number of halogens is 2. The fourth-order valence-electron chi connectivity index (χ4n) is 2.93. The minimum atomic E-state index is -0.710. The molecular formula is C19H26F2O. The van der Waals surface area contributed by atoms with E-state index in [-0.39, 0.29) is 0 Å². The Labute approximate surface area is 132 Å². The Hall–Kier alpha value is -1.38. The van der Waals surface area contributed by atoms with Crippen molar-refractivity contribution in [3.05, 3.63) is 46.7 Å². The number of aryl methyl sites for hydroxylation is 2. The largest absolute Gasteiger partial charge is 0.498 e. The molecule has 3 heteroatoms. The van der Waals surface area contributed by atoms with Crippen LogP contribution in [0, 0.1) is 24.5 Å². The molecule has 0 amide bonds. The second kappa shape index (κ2) is 8.30. The minimum absolute atomic E-state index is 0.364. The molecule has 0 radical (unpaired) electrons. The molecule has 1 aliphatic rings. The highest BCUT2D eigenvalue weighted by atomic mass is 19.2. The van der Waals surface area contributed by atoms with Crippen molar-refractivity contribution in [3.63, 3.8) is 0 Å². The topological polar surface area (TPSA) is 9.23 Å². The molecule has 1 unspecified atom stereocenters. The number of ether oxygens (including phenoxy) is 1. The summed E-state index contributed by atoms with van der Waals surface area (Å²) >= 11 is 0. The molecule has 0 aliphatic carbocycles. The molecule has 0 spiro atoms. The summed E-state index contributed by atoms with van der Waals surface area (Å²) in [6.07, 6.45) is 9.01. The predicted molar refractivity (Wildman–Crippen MR) is 85.7 cm³/mol. The Bertz CT molecular complexity index is 522. The van der Waals surface area contributed by atoms with E-state index in [9.17, 15) is 8.78 Å². The average molecular weight is 308 g/mol. The first kappa shape index (κ1) is 17.0. The number of benzene rings is 1. The number of hydrogen-bond donors (Lipinski definition) is 0. The maximum absolute atomic E-state index is 13.7. The van der Waals surface area contributed by atoms with Crippen LogP contribution in [0.3, 0.4) is 0 Å². The zero-order valence-electron chi connectivity index (χ0n) is 13.6. The summed E-state index contributed by atoms with van der Waals surface area (Å²) in [7, 11) is 0. The Balaban J connectivity index is 1.73. The molecule has 1 heterocycles. The number of hydrogen-bond acceptors (Lipinski definition) is 1. The molecule has 1 atom stereocenters.